The van der Waals surface area contributed by atoms with Crippen LogP contribution < -0.4 is 10.2 Å². The van der Waals surface area contributed by atoms with E-state index in [0.717, 1.165) is 0 Å². The van der Waals surface area contributed by atoms with Crippen LogP contribution in [-0.2, 0) is 14.9 Å². The van der Waals surface area contributed by atoms with E-state index in [1.807, 2.05) is 5.32 Å². The Balaban J connectivity index is 3.01. The average molecular weight is 317 g/mol. The molecular formula is C11H15N3O6S. The molecule has 0 aromatic carbocycles. The van der Waals surface area contributed by atoms with Gasteiger partial charge >= 0.3 is 5.97 Å². The van der Waals surface area contributed by atoms with Crippen molar-refractivity contribution >= 4 is 27.7 Å². The van der Waals surface area contributed by atoms with E-state index in [1.165, 1.54) is 6.20 Å². The standard InChI is InChI=1S/C11H15N3O6S/c1-14(2)8-4-3-5-12-9(8)10(15)13-7(11(16)17)6-21(18,19)20/h3-5,7H,6H2,1-2H3,(H,13,15)(H,16,17)(H,18,19,20). The molecule has 0 aliphatic carbocycles. The van der Waals surface area contributed by atoms with Crippen LogP contribution in [0.4, 0.5) is 5.69 Å². The van der Waals surface area contributed by atoms with Gasteiger partial charge in [-0.05, 0) is 12.1 Å². The van der Waals surface area contributed by atoms with Gasteiger partial charge in [-0.25, -0.2) is 9.78 Å². The number of carbonyl (C=O) groups is 2. The normalized spacial score (nSPS) is 12.5. The highest BCUT2D eigenvalue weighted by Crippen LogP contribution is 2.15. The molecule has 21 heavy (non-hydrogen) atoms. The lowest BCUT2D eigenvalue weighted by atomic mass is 10.2. The number of anilines is 1. The minimum absolute atomic E-state index is 0.0518. The summed E-state index contributed by atoms with van der Waals surface area (Å²) in [5.41, 5.74) is 0.384. The van der Waals surface area contributed by atoms with Crippen molar-refractivity contribution in [1.82, 2.24) is 10.3 Å². The van der Waals surface area contributed by atoms with E-state index in [1.54, 1.807) is 31.1 Å². The van der Waals surface area contributed by atoms with E-state index in [0.29, 0.717) is 5.69 Å². The van der Waals surface area contributed by atoms with Crippen LogP contribution in [-0.4, -0.2) is 60.8 Å². The molecule has 0 radical (unpaired) electrons. The first kappa shape index (κ1) is 16.9. The van der Waals surface area contributed by atoms with Gasteiger partial charge in [-0.15, -0.1) is 0 Å². The SMILES string of the molecule is CN(C)c1cccnc1C(=O)NC(CS(=O)(=O)O)C(=O)O. The van der Waals surface area contributed by atoms with Crippen molar-refractivity contribution in [2.75, 3.05) is 24.7 Å². The third kappa shape index (κ3) is 5.00. The fourth-order valence-electron chi connectivity index (χ4n) is 1.54. The average Bonchev–Trinajstić information content (AvgIpc) is 2.36. The number of nitrogens with one attached hydrogen (secondary N) is 1. The molecule has 0 saturated carbocycles. The summed E-state index contributed by atoms with van der Waals surface area (Å²) >= 11 is 0. The number of pyridine rings is 1. The molecule has 1 rings (SSSR count). The van der Waals surface area contributed by atoms with Crippen molar-refractivity contribution < 1.29 is 27.7 Å². The van der Waals surface area contributed by atoms with Gasteiger partial charge in [0.1, 0.15) is 11.8 Å². The Morgan fingerprint density at radius 1 is 1.43 bits per heavy atom. The lowest BCUT2D eigenvalue weighted by Gasteiger charge is -2.17. The van der Waals surface area contributed by atoms with Gasteiger partial charge in [0.15, 0.2) is 5.69 Å². The summed E-state index contributed by atoms with van der Waals surface area (Å²) in [7, 11) is -1.21. The zero-order valence-corrected chi connectivity index (χ0v) is 12.2. The van der Waals surface area contributed by atoms with Crippen LogP contribution in [0, 0.1) is 0 Å². The molecule has 116 valence electrons. The third-order valence-electron chi connectivity index (χ3n) is 2.46. The molecule has 3 N–H and O–H groups in total. The van der Waals surface area contributed by atoms with Gasteiger partial charge in [-0.1, -0.05) is 0 Å². The highest BCUT2D eigenvalue weighted by molar-refractivity contribution is 7.85. The summed E-state index contributed by atoms with van der Waals surface area (Å²) in [5, 5.41) is 10.9. The van der Waals surface area contributed by atoms with Gasteiger partial charge < -0.3 is 15.3 Å². The summed E-state index contributed by atoms with van der Waals surface area (Å²) in [6.07, 6.45) is 1.35. The van der Waals surface area contributed by atoms with Crippen LogP contribution >= 0.6 is 0 Å². The number of rotatable bonds is 6. The number of hydrogen-bond donors (Lipinski definition) is 3. The minimum Gasteiger partial charge on any atom is -0.480 e. The molecular weight excluding hydrogens is 302 g/mol. The predicted molar refractivity (Wildman–Crippen MR) is 73.9 cm³/mol. The minimum atomic E-state index is -4.55. The largest absolute Gasteiger partial charge is 0.480 e. The topological polar surface area (TPSA) is 137 Å². The van der Waals surface area contributed by atoms with Crippen molar-refractivity contribution in [3.63, 3.8) is 0 Å². The molecule has 0 spiro atoms. The molecule has 10 heteroatoms. The second-order valence-corrected chi connectivity index (χ2v) is 5.88. The Morgan fingerprint density at radius 2 is 2.05 bits per heavy atom. The zero-order chi connectivity index (χ0) is 16.2. The first-order chi connectivity index (χ1) is 9.61. The van der Waals surface area contributed by atoms with Gasteiger partial charge in [0.25, 0.3) is 16.0 Å². The molecule has 0 bridgehead atoms. The van der Waals surface area contributed by atoms with Crippen molar-refractivity contribution in [3.8, 4) is 0 Å². The second-order valence-electron chi connectivity index (χ2n) is 4.38. The van der Waals surface area contributed by atoms with Crippen LogP contribution in [0.1, 0.15) is 10.5 Å². The molecule has 0 saturated heterocycles. The van der Waals surface area contributed by atoms with Gasteiger partial charge in [-0.2, -0.15) is 8.42 Å². The van der Waals surface area contributed by atoms with Crippen molar-refractivity contribution in [2.24, 2.45) is 0 Å². The van der Waals surface area contributed by atoms with Crippen LogP contribution in [0.25, 0.3) is 0 Å². The maximum Gasteiger partial charge on any atom is 0.327 e. The van der Waals surface area contributed by atoms with E-state index in [9.17, 15) is 18.0 Å². The van der Waals surface area contributed by atoms with Crippen molar-refractivity contribution in [1.29, 1.82) is 0 Å². The smallest absolute Gasteiger partial charge is 0.327 e. The van der Waals surface area contributed by atoms with Gasteiger partial charge in [0.05, 0.1) is 5.69 Å². The number of hydrogen-bond acceptors (Lipinski definition) is 6. The number of carbonyl (C=O) groups excluding carboxylic acids is 1. The molecule has 9 nitrogen and oxygen atoms in total. The highest BCUT2D eigenvalue weighted by atomic mass is 32.2. The molecule has 1 atom stereocenters. The fourth-order valence-corrected chi connectivity index (χ4v) is 2.19. The molecule has 0 aliphatic heterocycles. The molecule has 0 aliphatic rings. The van der Waals surface area contributed by atoms with E-state index < -0.39 is 33.8 Å². The Hall–Kier alpha value is -2.20. The fraction of sp³-hybridized carbons (Fsp3) is 0.364. The van der Waals surface area contributed by atoms with E-state index in [-0.39, 0.29) is 5.69 Å². The van der Waals surface area contributed by atoms with Crippen LogP contribution in [0.5, 0.6) is 0 Å². The third-order valence-corrected chi connectivity index (χ3v) is 3.22. The summed E-state index contributed by atoms with van der Waals surface area (Å²) in [6.45, 7) is 0. The van der Waals surface area contributed by atoms with E-state index in [4.69, 9.17) is 9.66 Å². The number of carboxylic acids is 1. The summed E-state index contributed by atoms with van der Waals surface area (Å²) in [4.78, 5) is 28.4. The van der Waals surface area contributed by atoms with Crippen LogP contribution in [0.2, 0.25) is 0 Å². The zero-order valence-electron chi connectivity index (χ0n) is 11.3. The number of amides is 1. The number of aromatic nitrogens is 1. The first-order valence-corrected chi connectivity index (χ1v) is 7.34. The Labute approximate surface area is 121 Å². The highest BCUT2D eigenvalue weighted by Gasteiger charge is 2.27. The second kappa shape index (κ2) is 6.50. The molecule has 1 amide bonds. The predicted octanol–water partition coefficient (Wildman–Crippen LogP) is -0.782. The van der Waals surface area contributed by atoms with Crippen LogP contribution in [0.3, 0.4) is 0 Å². The molecule has 1 aromatic rings. The number of aliphatic carboxylic acids is 1. The van der Waals surface area contributed by atoms with E-state index >= 15 is 0 Å². The molecule has 1 aromatic heterocycles. The molecule has 0 fully saturated rings. The monoisotopic (exact) mass is 317 g/mol. The quantitative estimate of drug-likeness (QED) is 0.581. The maximum atomic E-state index is 12.0. The summed E-state index contributed by atoms with van der Waals surface area (Å²) in [6, 6.07) is 1.42. The van der Waals surface area contributed by atoms with Gasteiger partial charge in [-0.3, -0.25) is 9.35 Å². The van der Waals surface area contributed by atoms with Crippen LogP contribution in [0.15, 0.2) is 18.3 Å². The van der Waals surface area contributed by atoms with Crippen molar-refractivity contribution in [3.05, 3.63) is 24.0 Å². The number of carboxylic acid groups (broad SMARTS) is 1. The van der Waals surface area contributed by atoms with Gasteiger partial charge in [0, 0.05) is 20.3 Å². The lowest BCUT2D eigenvalue weighted by molar-refractivity contribution is -0.138. The Morgan fingerprint density at radius 3 is 2.52 bits per heavy atom. The van der Waals surface area contributed by atoms with E-state index in [2.05, 4.69) is 4.98 Å². The Kier molecular flexibility index (Phi) is 5.22. The molecule has 1 unspecified atom stereocenters. The first-order valence-electron chi connectivity index (χ1n) is 5.73. The lowest BCUT2D eigenvalue weighted by Crippen LogP contribution is -2.45. The summed E-state index contributed by atoms with van der Waals surface area (Å²) < 4.78 is 30.2. The summed E-state index contributed by atoms with van der Waals surface area (Å²) in [5.74, 6) is -3.56. The maximum absolute atomic E-state index is 12.0. The molecule has 1 heterocycles. The number of nitrogens with zero attached hydrogens (tertiary/aromatic N) is 2. The Bertz CT molecular complexity index is 643. The van der Waals surface area contributed by atoms with Crippen molar-refractivity contribution in [2.45, 2.75) is 6.04 Å². The van der Waals surface area contributed by atoms with Gasteiger partial charge in [0.2, 0.25) is 0 Å².